The molecule has 0 aromatic heterocycles. The van der Waals surface area contributed by atoms with Crippen molar-refractivity contribution in [3.63, 3.8) is 0 Å². The highest BCUT2D eigenvalue weighted by molar-refractivity contribution is 5.98. The highest BCUT2D eigenvalue weighted by Crippen LogP contribution is 2.39. The summed E-state index contributed by atoms with van der Waals surface area (Å²) in [6, 6.07) is 10.7. The lowest BCUT2D eigenvalue weighted by molar-refractivity contribution is -0.139. The van der Waals surface area contributed by atoms with Gasteiger partial charge in [-0.2, -0.15) is 18.4 Å². The summed E-state index contributed by atoms with van der Waals surface area (Å²) in [5.74, 6) is -5.85. The van der Waals surface area contributed by atoms with E-state index in [1.54, 1.807) is 30.3 Å². The van der Waals surface area contributed by atoms with Gasteiger partial charge in [0.05, 0.1) is 18.2 Å². The first-order chi connectivity index (χ1) is 17.0. The van der Waals surface area contributed by atoms with Crippen molar-refractivity contribution in [2.75, 3.05) is 13.1 Å². The molecule has 2 aliphatic heterocycles. The predicted molar refractivity (Wildman–Crippen MR) is 117 cm³/mol. The Kier molecular flexibility index (Phi) is 6.89. The first kappa shape index (κ1) is 25.4. The van der Waals surface area contributed by atoms with Crippen LogP contribution in [0.2, 0.25) is 0 Å². The van der Waals surface area contributed by atoms with Crippen molar-refractivity contribution in [1.29, 1.82) is 5.26 Å². The van der Waals surface area contributed by atoms with Crippen molar-refractivity contribution in [3.8, 4) is 11.8 Å². The van der Waals surface area contributed by atoms with Crippen LogP contribution in [0.3, 0.4) is 0 Å². The predicted octanol–water partition coefficient (Wildman–Crippen LogP) is 4.65. The van der Waals surface area contributed by atoms with E-state index in [4.69, 9.17) is 4.74 Å². The Morgan fingerprint density at radius 1 is 1.11 bits per heavy atom. The Hall–Kier alpha value is -3.68. The number of nitriles is 1. The largest absolute Gasteiger partial charge is 0.488 e. The summed E-state index contributed by atoms with van der Waals surface area (Å²) in [7, 11) is 0. The molecular weight excluding hydrogens is 485 g/mol. The van der Waals surface area contributed by atoms with Crippen molar-refractivity contribution < 1.29 is 36.3 Å². The van der Waals surface area contributed by atoms with Gasteiger partial charge in [0.1, 0.15) is 24.4 Å². The van der Waals surface area contributed by atoms with E-state index in [1.165, 1.54) is 0 Å². The molecule has 2 saturated heterocycles. The number of alkyl halides is 5. The Morgan fingerprint density at radius 2 is 1.83 bits per heavy atom. The van der Waals surface area contributed by atoms with Gasteiger partial charge in [-0.1, -0.05) is 30.3 Å². The molecule has 2 unspecified atom stereocenters. The zero-order valence-corrected chi connectivity index (χ0v) is 19.0. The molecule has 0 aliphatic carbocycles. The fourth-order valence-corrected chi connectivity index (χ4v) is 4.52. The zero-order chi connectivity index (χ0) is 26.1. The topological polar surface area (TPSA) is 73.6 Å². The summed E-state index contributed by atoms with van der Waals surface area (Å²) in [4.78, 5) is 27.9. The van der Waals surface area contributed by atoms with E-state index in [2.05, 4.69) is 0 Å². The van der Waals surface area contributed by atoms with Crippen LogP contribution in [0, 0.1) is 11.3 Å². The highest BCUT2D eigenvalue weighted by atomic mass is 19.4. The van der Waals surface area contributed by atoms with Crippen LogP contribution < -0.4 is 4.74 Å². The molecule has 190 valence electrons. The lowest BCUT2D eigenvalue weighted by Gasteiger charge is -2.29. The molecule has 2 fully saturated rings. The molecule has 36 heavy (non-hydrogen) atoms. The molecule has 0 N–H and O–H groups in total. The summed E-state index contributed by atoms with van der Waals surface area (Å²) in [6.07, 6.45) is -4.95. The summed E-state index contributed by atoms with van der Waals surface area (Å²) >= 11 is 0. The van der Waals surface area contributed by atoms with Crippen LogP contribution in [-0.4, -0.2) is 52.7 Å². The number of benzene rings is 2. The second kappa shape index (κ2) is 9.76. The van der Waals surface area contributed by atoms with Gasteiger partial charge in [0.2, 0.25) is 5.91 Å². The standard InChI is InChI=1S/C25H22F5N3O3/c26-24(27)12-20(23(35)32-10-4-7-18(32)13-31)33(15-24)22(34)17-8-9-21(19(11-17)25(28,29)30)36-14-16-5-2-1-3-6-16/h1-3,5-6,8-9,11,18,20H,4,7,10,12,14-15H2. The zero-order valence-electron chi connectivity index (χ0n) is 19.0. The molecule has 11 heteroatoms. The van der Waals surface area contributed by atoms with Gasteiger partial charge in [0, 0.05) is 18.5 Å². The van der Waals surface area contributed by atoms with Crippen LogP contribution in [-0.2, 0) is 17.6 Å². The number of carbonyl (C=O) groups is 2. The fourth-order valence-electron chi connectivity index (χ4n) is 4.52. The number of halogens is 5. The maximum atomic E-state index is 14.3. The number of likely N-dealkylation sites (tertiary alicyclic amines) is 2. The maximum Gasteiger partial charge on any atom is 0.419 e. The number of hydrogen-bond acceptors (Lipinski definition) is 4. The van der Waals surface area contributed by atoms with Gasteiger partial charge in [-0.3, -0.25) is 9.59 Å². The van der Waals surface area contributed by atoms with Gasteiger partial charge in [-0.25, -0.2) is 8.78 Å². The molecule has 2 amide bonds. The second-order valence-corrected chi connectivity index (χ2v) is 8.81. The van der Waals surface area contributed by atoms with Gasteiger partial charge in [-0.05, 0) is 36.6 Å². The van der Waals surface area contributed by atoms with E-state index in [1.807, 2.05) is 6.07 Å². The summed E-state index contributed by atoms with van der Waals surface area (Å²) in [5, 5.41) is 9.24. The van der Waals surface area contributed by atoms with Crippen molar-refractivity contribution >= 4 is 11.8 Å². The third-order valence-electron chi connectivity index (χ3n) is 6.27. The minimum atomic E-state index is -4.89. The van der Waals surface area contributed by atoms with Crippen molar-refractivity contribution in [3.05, 3.63) is 65.2 Å². The Morgan fingerprint density at radius 3 is 2.50 bits per heavy atom. The minimum Gasteiger partial charge on any atom is -0.488 e. The monoisotopic (exact) mass is 507 g/mol. The van der Waals surface area contributed by atoms with Crippen molar-refractivity contribution in [1.82, 2.24) is 9.80 Å². The van der Waals surface area contributed by atoms with Crippen molar-refractivity contribution in [2.24, 2.45) is 0 Å². The molecule has 0 bridgehead atoms. The van der Waals surface area contributed by atoms with Crippen LogP contribution >= 0.6 is 0 Å². The summed E-state index contributed by atoms with van der Waals surface area (Å²) in [6.45, 7) is -1.07. The van der Waals surface area contributed by atoms with E-state index in [0.29, 0.717) is 29.4 Å². The SMILES string of the molecule is N#CC1CCCN1C(=O)C1CC(F)(F)CN1C(=O)c1ccc(OCc2ccccc2)c(C(F)(F)F)c1. The number of amides is 2. The number of rotatable bonds is 5. The Bertz CT molecular complexity index is 1180. The first-order valence-corrected chi connectivity index (χ1v) is 11.3. The second-order valence-electron chi connectivity index (χ2n) is 8.81. The number of carbonyl (C=O) groups excluding carboxylic acids is 2. The molecule has 2 heterocycles. The van der Waals surface area contributed by atoms with E-state index >= 15 is 0 Å². The number of hydrogen-bond donors (Lipinski definition) is 0. The molecular formula is C25H22F5N3O3. The third kappa shape index (κ3) is 5.27. The molecule has 4 rings (SSSR count). The average molecular weight is 507 g/mol. The molecule has 2 aromatic rings. The van der Waals surface area contributed by atoms with E-state index < -0.39 is 65.8 Å². The van der Waals surface area contributed by atoms with Crippen LogP contribution in [0.4, 0.5) is 22.0 Å². The van der Waals surface area contributed by atoms with Crippen LogP contribution in [0.25, 0.3) is 0 Å². The molecule has 2 aliphatic rings. The van der Waals surface area contributed by atoms with Gasteiger partial charge < -0.3 is 14.5 Å². The molecule has 0 radical (unpaired) electrons. The van der Waals surface area contributed by atoms with E-state index in [0.717, 1.165) is 17.0 Å². The minimum absolute atomic E-state index is 0.151. The number of ether oxygens (including phenoxy) is 1. The Labute approximate surface area is 203 Å². The quantitative estimate of drug-likeness (QED) is 0.553. The smallest absolute Gasteiger partial charge is 0.419 e. The summed E-state index contributed by atoms with van der Waals surface area (Å²) < 4.78 is 75.3. The van der Waals surface area contributed by atoms with Gasteiger partial charge >= 0.3 is 6.18 Å². The molecule has 0 spiro atoms. The summed E-state index contributed by atoms with van der Waals surface area (Å²) in [5.41, 5.74) is -1.10. The van der Waals surface area contributed by atoms with Crippen LogP contribution in [0.5, 0.6) is 5.75 Å². The highest BCUT2D eigenvalue weighted by Gasteiger charge is 2.52. The molecule has 2 atom stereocenters. The normalized spacial score (nSPS) is 21.3. The van der Waals surface area contributed by atoms with E-state index in [9.17, 15) is 36.8 Å². The van der Waals surface area contributed by atoms with Crippen LogP contribution in [0.1, 0.15) is 40.7 Å². The van der Waals surface area contributed by atoms with Gasteiger partial charge in [-0.15, -0.1) is 0 Å². The Balaban J connectivity index is 1.60. The third-order valence-corrected chi connectivity index (χ3v) is 6.27. The average Bonchev–Trinajstić information content (AvgIpc) is 3.45. The lowest BCUT2D eigenvalue weighted by Crippen LogP contribution is -2.49. The molecule has 6 nitrogen and oxygen atoms in total. The van der Waals surface area contributed by atoms with E-state index in [-0.39, 0.29) is 13.2 Å². The van der Waals surface area contributed by atoms with Crippen molar-refractivity contribution in [2.45, 2.75) is 50.1 Å². The first-order valence-electron chi connectivity index (χ1n) is 11.3. The number of nitrogens with zero attached hydrogens (tertiary/aromatic N) is 3. The molecule has 0 saturated carbocycles. The fraction of sp³-hybridized carbons (Fsp3) is 0.400. The molecule has 2 aromatic carbocycles. The maximum absolute atomic E-state index is 14.3. The van der Waals surface area contributed by atoms with Crippen LogP contribution in [0.15, 0.2) is 48.5 Å². The van der Waals surface area contributed by atoms with Gasteiger partial charge in [0.15, 0.2) is 0 Å². The lowest BCUT2D eigenvalue weighted by atomic mass is 10.1. The van der Waals surface area contributed by atoms with Gasteiger partial charge in [0.25, 0.3) is 11.8 Å².